The largest absolute Gasteiger partial charge is 0.491 e. The molecule has 4 heterocycles. The van der Waals surface area contributed by atoms with E-state index in [0.717, 1.165) is 57.4 Å². The monoisotopic (exact) mass is 532 g/mol. The Kier molecular flexibility index (Phi) is 7.49. The maximum Gasteiger partial charge on any atom is 0.257 e. The van der Waals surface area contributed by atoms with E-state index in [2.05, 4.69) is 39.4 Å². The summed E-state index contributed by atoms with van der Waals surface area (Å²) in [6, 6.07) is 15.3. The third-order valence-electron chi connectivity index (χ3n) is 9.05. The van der Waals surface area contributed by atoms with Crippen molar-refractivity contribution in [3.05, 3.63) is 59.2 Å². The Morgan fingerprint density at radius 3 is 2.59 bits per heavy atom. The SMILES string of the molecule is CC(=O)N1C2CCC1CC(Nc1ccc3c(c1)C(=O)N(CC(CO)CN1CCc4ccccc4C1)CCO3)C2. The summed E-state index contributed by atoms with van der Waals surface area (Å²) >= 11 is 0. The van der Waals surface area contributed by atoms with Crippen LogP contribution in [0, 0.1) is 5.92 Å². The first kappa shape index (κ1) is 26.1. The molecule has 8 heteroatoms. The van der Waals surface area contributed by atoms with Gasteiger partial charge in [0.2, 0.25) is 5.91 Å². The van der Waals surface area contributed by atoms with Gasteiger partial charge in [-0.3, -0.25) is 14.5 Å². The molecule has 0 saturated carbocycles. The van der Waals surface area contributed by atoms with Gasteiger partial charge < -0.3 is 25.0 Å². The molecule has 3 unspecified atom stereocenters. The average molecular weight is 533 g/mol. The van der Waals surface area contributed by atoms with Crippen molar-refractivity contribution in [2.24, 2.45) is 5.92 Å². The van der Waals surface area contributed by atoms with Gasteiger partial charge >= 0.3 is 0 Å². The summed E-state index contributed by atoms with van der Waals surface area (Å²) in [6.45, 7) is 5.76. The maximum atomic E-state index is 13.7. The molecule has 2 saturated heterocycles. The van der Waals surface area contributed by atoms with E-state index < -0.39 is 0 Å². The van der Waals surface area contributed by atoms with E-state index in [1.165, 1.54) is 11.1 Å². The fourth-order valence-electron chi connectivity index (χ4n) is 7.23. The average Bonchev–Trinajstić information content (AvgIpc) is 3.13. The molecule has 8 nitrogen and oxygen atoms in total. The highest BCUT2D eigenvalue weighted by Crippen LogP contribution is 2.37. The molecular weight excluding hydrogens is 492 g/mol. The lowest BCUT2D eigenvalue weighted by atomic mass is 9.96. The molecule has 2 amide bonds. The van der Waals surface area contributed by atoms with Crippen LogP contribution in [0.15, 0.2) is 42.5 Å². The lowest BCUT2D eigenvalue weighted by Crippen LogP contribution is -2.48. The number of hydrogen-bond acceptors (Lipinski definition) is 6. The van der Waals surface area contributed by atoms with Gasteiger partial charge in [-0.2, -0.15) is 0 Å². The van der Waals surface area contributed by atoms with Crippen LogP contribution in [-0.2, 0) is 17.8 Å². The topological polar surface area (TPSA) is 85.4 Å². The third-order valence-corrected chi connectivity index (χ3v) is 9.05. The Labute approximate surface area is 230 Å². The normalized spacial score (nSPS) is 25.4. The Morgan fingerprint density at radius 2 is 1.85 bits per heavy atom. The van der Waals surface area contributed by atoms with Gasteiger partial charge in [-0.15, -0.1) is 0 Å². The van der Waals surface area contributed by atoms with Crippen molar-refractivity contribution in [2.45, 2.75) is 63.7 Å². The van der Waals surface area contributed by atoms with E-state index in [0.29, 0.717) is 43.1 Å². The van der Waals surface area contributed by atoms with Crippen LogP contribution < -0.4 is 10.1 Å². The van der Waals surface area contributed by atoms with E-state index in [1.54, 1.807) is 6.92 Å². The highest BCUT2D eigenvalue weighted by molar-refractivity contribution is 5.98. The minimum Gasteiger partial charge on any atom is -0.491 e. The summed E-state index contributed by atoms with van der Waals surface area (Å²) in [7, 11) is 0. The molecular formula is C31H40N4O4. The number of nitrogens with zero attached hydrogens (tertiary/aromatic N) is 3. The van der Waals surface area contributed by atoms with Crippen molar-refractivity contribution in [1.29, 1.82) is 0 Å². The smallest absolute Gasteiger partial charge is 0.257 e. The Hall–Kier alpha value is -3.10. The number of aliphatic hydroxyl groups is 1. The van der Waals surface area contributed by atoms with Gasteiger partial charge in [0, 0.05) is 69.4 Å². The van der Waals surface area contributed by atoms with Crippen LogP contribution in [0.4, 0.5) is 5.69 Å². The first-order chi connectivity index (χ1) is 19.0. The Morgan fingerprint density at radius 1 is 1.08 bits per heavy atom. The summed E-state index contributed by atoms with van der Waals surface area (Å²) in [6.07, 6.45) is 5.03. The third kappa shape index (κ3) is 5.50. The molecule has 4 aliphatic rings. The fourth-order valence-corrected chi connectivity index (χ4v) is 7.23. The van der Waals surface area contributed by atoms with Crippen LogP contribution in [0.25, 0.3) is 0 Å². The molecule has 0 aliphatic carbocycles. The quantitative estimate of drug-likeness (QED) is 0.570. The van der Waals surface area contributed by atoms with Crippen LogP contribution in [0.1, 0.15) is 54.1 Å². The molecule has 0 spiro atoms. The highest BCUT2D eigenvalue weighted by Gasteiger charge is 2.42. The lowest BCUT2D eigenvalue weighted by Gasteiger charge is -2.39. The van der Waals surface area contributed by atoms with Gasteiger partial charge in [0.25, 0.3) is 5.91 Å². The van der Waals surface area contributed by atoms with E-state index in [4.69, 9.17) is 4.74 Å². The number of hydrogen-bond donors (Lipinski definition) is 2. The number of nitrogens with one attached hydrogen (secondary N) is 1. The van der Waals surface area contributed by atoms with E-state index in [1.807, 2.05) is 23.1 Å². The molecule has 0 aromatic heterocycles. The van der Waals surface area contributed by atoms with Gasteiger partial charge in [-0.05, 0) is 61.4 Å². The molecule has 2 N–H and O–H groups in total. The first-order valence-electron chi connectivity index (χ1n) is 14.5. The number of aliphatic hydroxyl groups excluding tert-OH is 1. The highest BCUT2D eigenvalue weighted by atomic mass is 16.5. The fraction of sp³-hybridized carbons (Fsp3) is 0.548. The number of amides is 2. The minimum absolute atomic E-state index is 0.0241. The summed E-state index contributed by atoms with van der Waals surface area (Å²) in [5, 5.41) is 13.9. The Balaban J connectivity index is 1.10. The molecule has 2 bridgehead atoms. The molecule has 6 rings (SSSR count). The molecule has 2 aromatic rings. The first-order valence-corrected chi connectivity index (χ1v) is 14.5. The van der Waals surface area contributed by atoms with Crippen molar-refractivity contribution in [3.63, 3.8) is 0 Å². The van der Waals surface area contributed by atoms with Crippen molar-refractivity contribution < 1.29 is 19.4 Å². The van der Waals surface area contributed by atoms with E-state index in [9.17, 15) is 14.7 Å². The standard InChI is InChI=1S/C31H40N4O4/c1-21(37)35-27-7-8-28(35)15-26(14-27)32-25-6-9-30-29(16-25)31(38)34(12-13-39-30)18-22(20-36)17-33-11-10-23-4-2-3-5-24(23)19-33/h2-6,9,16,22,26-28,32,36H,7-8,10-15,17-20H2,1H3. The second-order valence-electron chi connectivity index (χ2n) is 11.7. The number of anilines is 1. The van der Waals surface area contributed by atoms with Gasteiger partial charge in [0.1, 0.15) is 12.4 Å². The predicted octanol–water partition coefficient (Wildman–Crippen LogP) is 3.14. The van der Waals surface area contributed by atoms with Crippen LogP contribution in [0.5, 0.6) is 5.75 Å². The van der Waals surface area contributed by atoms with Crippen molar-refractivity contribution in [1.82, 2.24) is 14.7 Å². The van der Waals surface area contributed by atoms with Crippen molar-refractivity contribution in [2.75, 3.05) is 44.7 Å². The number of ether oxygens (including phenoxy) is 1. The summed E-state index contributed by atoms with van der Waals surface area (Å²) in [5.74, 6) is 0.733. The van der Waals surface area contributed by atoms with E-state index in [-0.39, 0.29) is 30.4 Å². The molecule has 4 aliphatic heterocycles. The van der Waals surface area contributed by atoms with Crippen LogP contribution in [0.3, 0.4) is 0 Å². The molecule has 2 fully saturated rings. The molecule has 2 aromatic carbocycles. The Bertz CT molecular complexity index is 1200. The van der Waals surface area contributed by atoms with Gasteiger partial charge in [0.05, 0.1) is 12.1 Å². The van der Waals surface area contributed by atoms with Crippen molar-refractivity contribution in [3.8, 4) is 5.75 Å². The second-order valence-corrected chi connectivity index (χ2v) is 11.7. The zero-order chi connectivity index (χ0) is 26.9. The van der Waals surface area contributed by atoms with Gasteiger partial charge in [-0.1, -0.05) is 24.3 Å². The molecule has 39 heavy (non-hydrogen) atoms. The lowest BCUT2D eigenvalue weighted by molar-refractivity contribution is -0.133. The number of rotatable bonds is 7. The van der Waals surface area contributed by atoms with Crippen LogP contribution >= 0.6 is 0 Å². The number of benzene rings is 2. The summed E-state index contributed by atoms with van der Waals surface area (Å²) in [4.78, 5) is 32.1. The molecule has 208 valence electrons. The molecule has 0 radical (unpaired) electrons. The van der Waals surface area contributed by atoms with Crippen molar-refractivity contribution >= 4 is 17.5 Å². The van der Waals surface area contributed by atoms with E-state index >= 15 is 0 Å². The predicted molar refractivity (Wildman–Crippen MR) is 150 cm³/mol. The molecule has 3 atom stereocenters. The van der Waals surface area contributed by atoms with Gasteiger partial charge in [-0.25, -0.2) is 0 Å². The number of fused-ring (bicyclic) bond motifs is 4. The zero-order valence-corrected chi connectivity index (χ0v) is 22.8. The number of piperidine rings is 1. The summed E-state index contributed by atoms with van der Waals surface area (Å²) < 4.78 is 5.98. The zero-order valence-electron chi connectivity index (χ0n) is 22.8. The van der Waals surface area contributed by atoms with Gasteiger partial charge in [0.15, 0.2) is 0 Å². The summed E-state index contributed by atoms with van der Waals surface area (Å²) in [5.41, 5.74) is 4.25. The maximum absolute atomic E-state index is 13.7. The minimum atomic E-state index is -0.0416. The number of carbonyl (C=O) groups excluding carboxylic acids is 2. The van der Waals surface area contributed by atoms with Crippen LogP contribution in [0.2, 0.25) is 0 Å². The number of carbonyl (C=O) groups is 2. The van der Waals surface area contributed by atoms with Crippen LogP contribution in [-0.4, -0.2) is 89.1 Å². The second kappa shape index (κ2) is 11.2.